The summed E-state index contributed by atoms with van der Waals surface area (Å²) < 4.78 is 1.69. The van der Waals surface area contributed by atoms with Crippen LogP contribution in [0.25, 0.3) is 5.69 Å². The average molecular weight is 349 g/mol. The van der Waals surface area contributed by atoms with Gasteiger partial charge in [0.25, 0.3) is 5.91 Å². The highest BCUT2D eigenvalue weighted by Gasteiger charge is 2.16. The second-order valence-corrected chi connectivity index (χ2v) is 6.92. The molecule has 3 aromatic rings. The Morgan fingerprint density at radius 3 is 2.77 bits per heavy atom. The molecular weight excluding hydrogens is 326 g/mol. The van der Waals surface area contributed by atoms with Gasteiger partial charge in [0.1, 0.15) is 0 Å². The van der Waals surface area contributed by atoms with Crippen LogP contribution in [-0.4, -0.2) is 25.9 Å². The first-order valence-electron chi connectivity index (χ1n) is 9.25. The number of amides is 1. The number of aromatic nitrogens is 4. The number of hydrogen-bond acceptors (Lipinski definition) is 3. The highest BCUT2D eigenvalue weighted by Crippen LogP contribution is 2.26. The monoisotopic (exact) mass is 349 g/mol. The zero-order valence-corrected chi connectivity index (χ0v) is 14.7. The summed E-state index contributed by atoms with van der Waals surface area (Å²) >= 11 is 0. The highest BCUT2D eigenvalue weighted by molar-refractivity contribution is 6.02. The Bertz CT molecular complexity index is 861. The molecule has 6 heteroatoms. The van der Waals surface area contributed by atoms with Gasteiger partial charge in [0.15, 0.2) is 11.5 Å². The van der Waals surface area contributed by atoms with Crippen molar-refractivity contribution in [2.45, 2.75) is 38.5 Å². The molecule has 1 saturated carbocycles. The molecule has 1 aliphatic rings. The number of benzene rings is 1. The van der Waals surface area contributed by atoms with E-state index in [4.69, 9.17) is 0 Å². The second-order valence-electron chi connectivity index (χ2n) is 6.92. The highest BCUT2D eigenvalue weighted by atomic mass is 16.2. The summed E-state index contributed by atoms with van der Waals surface area (Å²) in [6, 6.07) is 13.4. The van der Waals surface area contributed by atoms with E-state index in [0.29, 0.717) is 11.5 Å². The third kappa shape index (κ3) is 3.85. The maximum absolute atomic E-state index is 12.4. The number of rotatable bonds is 5. The normalized spacial score (nSPS) is 15.1. The Morgan fingerprint density at radius 1 is 1.15 bits per heavy atom. The molecule has 0 unspecified atom stereocenters. The summed E-state index contributed by atoms with van der Waals surface area (Å²) in [7, 11) is 0. The van der Waals surface area contributed by atoms with E-state index >= 15 is 0 Å². The van der Waals surface area contributed by atoms with Gasteiger partial charge in [0.05, 0.1) is 5.69 Å². The first kappa shape index (κ1) is 16.6. The minimum Gasteiger partial charge on any atom is -0.304 e. The largest absolute Gasteiger partial charge is 0.304 e. The number of nitrogens with zero attached hydrogens (tertiary/aromatic N) is 3. The topological polar surface area (TPSA) is 75.6 Å². The Balaban J connectivity index is 1.38. The number of hydrogen-bond donors (Lipinski definition) is 2. The first-order valence-corrected chi connectivity index (χ1v) is 9.25. The molecule has 1 amide bonds. The van der Waals surface area contributed by atoms with Crippen LogP contribution in [0, 0.1) is 5.92 Å². The third-order valence-corrected chi connectivity index (χ3v) is 4.95. The fourth-order valence-corrected chi connectivity index (χ4v) is 3.58. The molecule has 1 aliphatic carbocycles. The van der Waals surface area contributed by atoms with Crippen LogP contribution in [0.15, 0.2) is 48.7 Å². The van der Waals surface area contributed by atoms with E-state index in [1.807, 2.05) is 36.4 Å². The molecule has 0 atom stereocenters. The van der Waals surface area contributed by atoms with Crippen molar-refractivity contribution < 1.29 is 4.79 Å². The lowest BCUT2D eigenvalue weighted by molar-refractivity contribution is 0.102. The minimum absolute atomic E-state index is 0.254. The third-order valence-electron chi connectivity index (χ3n) is 4.95. The van der Waals surface area contributed by atoms with Crippen molar-refractivity contribution in [1.82, 2.24) is 20.0 Å². The summed E-state index contributed by atoms with van der Waals surface area (Å²) in [6.45, 7) is 0. The van der Waals surface area contributed by atoms with Crippen LogP contribution >= 0.6 is 0 Å². The van der Waals surface area contributed by atoms with Gasteiger partial charge in [-0.3, -0.25) is 9.89 Å². The van der Waals surface area contributed by atoms with Crippen molar-refractivity contribution in [3.63, 3.8) is 0 Å². The number of nitrogens with one attached hydrogen (secondary N) is 2. The molecule has 0 bridgehead atoms. The zero-order chi connectivity index (χ0) is 17.8. The molecule has 0 saturated heterocycles. The molecule has 0 aliphatic heterocycles. The predicted molar refractivity (Wildman–Crippen MR) is 100 cm³/mol. The van der Waals surface area contributed by atoms with Gasteiger partial charge in [-0.15, -0.1) is 0 Å². The molecule has 26 heavy (non-hydrogen) atoms. The van der Waals surface area contributed by atoms with Crippen LogP contribution in [0.4, 0.5) is 5.82 Å². The lowest BCUT2D eigenvalue weighted by Crippen LogP contribution is -2.13. The van der Waals surface area contributed by atoms with Gasteiger partial charge in [-0.1, -0.05) is 50.3 Å². The summed E-state index contributed by atoms with van der Waals surface area (Å²) in [5.74, 6) is 1.03. The molecule has 1 fully saturated rings. The summed E-state index contributed by atoms with van der Waals surface area (Å²) in [4.78, 5) is 12.4. The number of carbonyl (C=O) groups is 1. The van der Waals surface area contributed by atoms with Gasteiger partial charge >= 0.3 is 0 Å². The second kappa shape index (κ2) is 7.56. The van der Waals surface area contributed by atoms with E-state index in [9.17, 15) is 4.79 Å². The molecule has 134 valence electrons. The van der Waals surface area contributed by atoms with E-state index in [1.165, 1.54) is 32.1 Å². The fraction of sp³-hybridized carbons (Fsp3) is 0.350. The summed E-state index contributed by atoms with van der Waals surface area (Å²) in [5.41, 5.74) is 2.37. The van der Waals surface area contributed by atoms with Gasteiger partial charge < -0.3 is 5.32 Å². The number of anilines is 1. The van der Waals surface area contributed by atoms with Crippen molar-refractivity contribution in [2.24, 2.45) is 5.92 Å². The molecule has 0 radical (unpaired) electrons. The Kier molecular flexibility index (Phi) is 4.82. The standard InChI is InChI=1S/C20H23N5O/c26-20(18-11-12-25(24-18)17-9-5-2-6-10-17)21-19-14-16(22-23-19)13-15-7-3-1-4-8-15/h2,5-6,9-12,14-15H,1,3-4,7-8,13H2,(H2,21,22,23,26). The van der Waals surface area contributed by atoms with Gasteiger partial charge in [-0.2, -0.15) is 10.2 Å². The average Bonchev–Trinajstić information content (AvgIpc) is 3.33. The maximum atomic E-state index is 12.4. The summed E-state index contributed by atoms with van der Waals surface area (Å²) in [6.07, 6.45) is 9.37. The molecule has 0 spiro atoms. The fourth-order valence-electron chi connectivity index (χ4n) is 3.58. The maximum Gasteiger partial charge on any atom is 0.277 e. The van der Waals surface area contributed by atoms with Gasteiger partial charge in [-0.05, 0) is 30.5 Å². The molecule has 6 nitrogen and oxygen atoms in total. The molecule has 2 N–H and O–H groups in total. The number of aromatic amines is 1. The molecule has 2 heterocycles. The van der Waals surface area contributed by atoms with E-state index in [-0.39, 0.29) is 5.91 Å². The number of para-hydroxylation sites is 1. The first-order chi connectivity index (χ1) is 12.8. The van der Waals surface area contributed by atoms with Crippen LogP contribution in [0.3, 0.4) is 0 Å². The van der Waals surface area contributed by atoms with Crippen molar-refractivity contribution in [3.8, 4) is 5.69 Å². The van der Waals surface area contributed by atoms with Crippen LogP contribution in [0.2, 0.25) is 0 Å². The summed E-state index contributed by atoms with van der Waals surface area (Å²) in [5, 5.41) is 14.4. The molecule has 2 aromatic heterocycles. The molecule has 4 rings (SSSR count). The van der Waals surface area contributed by atoms with Crippen molar-refractivity contribution in [1.29, 1.82) is 0 Å². The molecular formula is C20H23N5O. The van der Waals surface area contributed by atoms with Crippen LogP contribution < -0.4 is 5.32 Å². The number of H-pyrrole nitrogens is 1. The van der Waals surface area contributed by atoms with E-state index in [2.05, 4.69) is 20.6 Å². The van der Waals surface area contributed by atoms with Crippen molar-refractivity contribution in [2.75, 3.05) is 5.32 Å². The lowest BCUT2D eigenvalue weighted by atomic mass is 9.86. The van der Waals surface area contributed by atoms with E-state index < -0.39 is 0 Å². The SMILES string of the molecule is O=C(Nc1cc(CC2CCCCC2)[nH]n1)c1ccn(-c2ccccc2)n1. The van der Waals surface area contributed by atoms with Crippen molar-refractivity contribution >= 4 is 11.7 Å². The Labute approximate surface area is 152 Å². The van der Waals surface area contributed by atoms with E-state index in [0.717, 1.165) is 23.7 Å². The smallest absolute Gasteiger partial charge is 0.277 e. The van der Waals surface area contributed by atoms with Crippen LogP contribution in [0.1, 0.15) is 48.3 Å². The zero-order valence-electron chi connectivity index (χ0n) is 14.7. The van der Waals surface area contributed by atoms with E-state index in [1.54, 1.807) is 16.9 Å². The molecule has 1 aromatic carbocycles. The Hall–Kier alpha value is -2.89. The lowest BCUT2D eigenvalue weighted by Gasteiger charge is -2.20. The predicted octanol–water partition coefficient (Wildman–Crippen LogP) is 3.97. The number of carbonyl (C=O) groups excluding carboxylic acids is 1. The van der Waals surface area contributed by atoms with Gasteiger partial charge in [0.2, 0.25) is 0 Å². The van der Waals surface area contributed by atoms with Crippen LogP contribution in [-0.2, 0) is 6.42 Å². The minimum atomic E-state index is -0.254. The van der Waals surface area contributed by atoms with Gasteiger partial charge in [0, 0.05) is 18.0 Å². The quantitative estimate of drug-likeness (QED) is 0.732. The van der Waals surface area contributed by atoms with Crippen molar-refractivity contribution in [3.05, 3.63) is 60.0 Å². The van der Waals surface area contributed by atoms with Crippen LogP contribution in [0.5, 0.6) is 0 Å². The Morgan fingerprint density at radius 2 is 1.96 bits per heavy atom. The van der Waals surface area contributed by atoms with Gasteiger partial charge in [-0.25, -0.2) is 4.68 Å².